The Labute approximate surface area is 151 Å². The lowest BCUT2D eigenvalue weighted by Crippen LogP contribution is -2.57. The van der Waals surface area contributed by atoms with Crippen molar-refractivity contribution in [3.8, 4) is 0 Å². The number of carbonyl (C=O) groups is 1. The van der Waals surface area contributed by atoms with E-state index in [0.29, 0.717) is 44.9 Å². The van der Waals surface area contributed by atoms with E-state index in [4.69, 9.17) is 0 Å². The van der Waals surface area contributed by atoms with Gasteiger partial charge >= 0.3 is 0 Å². The molecular formula is C18H32N2O4S. The fourth-order valence-electron chi connectivity index (χ4n) is 5.47. The van der Waals surface area contributed by atoms with Crippen LogP contribution in [-0.4, -0.2) is 72.6 Å². The normalized spacial score (nSPS) is 37.6. The summed E-state index contributed by atoms with van der Waals surface area (Å²) in [6.45, 7) is 10.1. The van der Waals surface area contributed by atoms with E-state index in [1.807, 2.05) is 6.92 Å². The van der Waals surface area contributed by atoms with E-state index in [2.05, 4.69) is 18.7 Å². The van der Waals surface area contributed by atoms with Crippen LogP contribution in [0.4, 0.5) is 0 Å². The molecule has 0 aromatic rings. The highest BCUT2D eigenvalue weighted by molar-refractivity contribution is 7.89. The van der Waals surface area contributed by atoms with Crippen LogP contribution in [0.2, 0.25) is 0 Å². The first-order valence-corrected chi connectivity index (χ1v) is 11.0. The molecule has 1 saturated heterocycles. The molecule has 25 heavy (non-hydrogen) atoms. The van der Waals surface area contributed by atoms with Crippen LogP contribution in [0.25, 0.3) is 0 Å². The van der Waals surface area contributed by atoms with Crippen LogP contribution in [0.1, 0.15) is 47.0 Å². The maximum atomic E-state index is 13.2. The minimum atomic E-state index is -3.49. The van der Waals surface area contributed by atoms with Crippen LogP contribution in [0.5, 0.6) is 0 Å². The summed E-state index contributed by atoms with van der Waals surface area (Å²) in [4.78, 5) is 14.8. The van der Waals surface area contributed by atoms with Gasteiger partial charge in [0.25, 0.3) is 0 Å². The van der Waals surface area contributed by atoms with E-state index >= 15 is 0 Å². The van der Waals surface area contributed by atoms with E-state index < -0.39 is 21.5 Å². The van der Waals surface area contributed by atoms with E-state index in [0.717, 1.165) is 6.42 Å². The van der Waals surface area contributed by atoms with Gasteiger partial charge in [-0.15, -0.1) is 0 Å². The van der Waals surface area contributed by atoms with E-state index in [-0.39, 0.29) is 23.0 Å². The van der Waals surface area contributed by atoms with Crippen molar-refractivity contribution in [1.29, 1.82) is 0 Å². The number of aliphatic hydroxyl groups excluding tert-OH is 1. The van der Waals surface area contributed by atoms with Gasteiger partial charge in [-0.1, -0.05) is 13.8 Å². The van der Waals surface area contributed by atoms with Crippen LogP contribution in [-0.2, 0) is 14.8 Å². The van der Waals surface area contributed by atoms with E-state index in [1.165, 1.54) is 0 Å². The smallest absolute Gasteiger partial charge is 0.215 e. The quantitative estimate of drug-likeness (QED) is 0.782. The molecule has 144 valence electrons. The zero-order valence-corrected chi connectivity index (χ0v) is 16.7. The Morgan fingerprint density at radius 3 is 2.48 bits per heavy atom. The highest BCUT2D eigenvalue weighted by atomic mass is 32.2. The Morgan fingerprint density at radius 2 is 2.00 bits per heavy atom. The van der Waals surface area contributed by atoms with Crippen LogP contribution in [0.15, 0.2) is 0 Å². The van der Waals surface area contributed by atoms with Gasteiger partial charge in [0.05, 0.1) is 11.9 Å². The minimum absolute atomic E-state index is 0.0386. The SMILES string of the molecule is C[C@H](O)CN1CCN(S(=O)(=O)C[C@@]23CC[C@@H](CC2=O)C3(C)C)[C@H](C)C1. The minimum Gasteiger partial charge on any atom is -0.392 e. The Kier molecular flexibility index (Phi) is 4.85. The molecule has 0 amide bonds. The molecule has 1 aliphatic heterocycles. The summed E-state index contributed by atoms with van der Waals surface area (Å²) in [5.74, 6) is 0.441. The number of Topliss-reactive ketones (excluding diaryl/α,β-unsaturated/α-hetero) is 1. The van der Waals surface area contributed by atoms with Crippen molar-refractivity contribution in [3.63, 3.8) is 0 Å². The Hall–Kier alpha value is -0.500. The van der Waals surface area contributed by atoms with Gasteiger partial charge in [0.1, 0.15) is 5.78 Å². The highest BCUT2D eigenvalue weighted by Crippen LogP contribution is 2.64. The highest BCUT2D eigenvalue weighted by Gasteiger charge is 2.65. The van der Waals surface area contributed by atoms with Crippen molar-refractivity contribution in [3.05, 3.63) is 0 Å². The van der Waals surface area contributed by atoms with Crippen LogP contribution in [0.3, 0.4) is 0 Å². The third-order valence-corrected chi connectivity index (χ3v) is 9.21. The first kappa shape index (κ1) is 19.3. The van der Waals surface area contributed by atoms with E-state index in [9.17, 15) is 18.3 Å². The van der Waals surface area contributed by atoms with Gasteiger partial charge in [-0.2, -0.15) is 4.31 Å². The molecular weight excluding hydrogens is 340 g/mol. The molecule has 7 heteroatoms. The van der Waals surface area contributed by atoms with Crippen molar-refractivity contribution in [2.45, 2.75) is 59.1 Å². The Morgan fingerprint density at radius 1 is 1.32 bits per heavy atom. The first-order chi connectivity index (χ1) is 11.5. The van der Waals surface area contributed by atoms with E-state index in [1.54, 1.807) is 11.2 Å². The molecule has 3 aliphatic rings. The topological polar surface area (TPSA) is 77.9 Å². The fourth-order valence-corrected chi connectivity index (χ4v) is 7.91. The molecule has 0 aromatic carbocycles. The molecule has 1 heterocycles. The summed E-state index contributed by atoms with van der Waals surface area (Å²) in [5, 5.41) is 9.55. The van der Waals surface area contributed by atoms with Gasteiger partial charge in [0.15, 0.2) is 0 Å². The number of aliphatic hydroxyl groups is 1. The molecule has 2 aliphatic carbocycles. The van der Waals surface area contributed by atoms with Gasteiger partial charge in [-0.05, 0) is 38.0 Å². The number of hydrogen-bond acceptors (Lipinski definition) is 5. The lowest BCUT2D eigenvalue weighted by Gasteiger charge is -2.42. The lowest BCUT2D eigenvalue weighted by molar-refractivity contribution is -0.128. The second kappa shape index (κ2) is 6.29. The Bertz CT molecular complexity index is 645. The van der Waals surface area contributed by atoms with Crippen molar-refractivity contribution >= 4 is 15.8 Å². The Balaban J connectivity index is 1.76. The summed E-state index contributed by atoms with van der Waals surface area (Å²) < 4.78 is 28.0. The number of carbonyl (C=O) groups excluding carboxylic acids is 1. The third-order valence-electron chi connectivity index (χ3n) is 7.10. The van der Waals surface area contributed by atoms with Gasteiger partial charge < -0.3 is 5.11 Å². The predicted molar refractivity (Wildman–Crippen MR) is 96.6 cm³/mol. The van der Waals surface area contributed by atoms with Crippen molar-refractivity contribution in [1.82, 2.24) is 9.21 Å². The monoisotopic (exact) mass is 372 g/mol. The summed E-state index contributed by atoms with van der Waals surface area (Å²) in [5.41, 5.74) is -0.929. The number of sulfonamides is 1. The fraction of sp³-hybridized carbons (Fsp3) is 0.944. The number of hydrogen-bond donors (Lipinski definition) is 1. The maximum absolute atomic E-state index is 13.2. The first-order valence-electron chi connectivity index (χ1n) is 9.43. The molecule has 2 bridgehead atoms. The standard InChI is InChI=1S/C18H32N2O4S/c1-13-10-19(11-14(2)21)7-8-20(13)25(23,24)12-18-6-5-15(9-16(18)22)17(18,3)4/h13-15,21H,5-12H2,1-4H3/t13-,14+,15+,18+/m1/s1. The third kappa shape index (κ3) is 3.07. The largest absolute Gasteiger partial charge is 0.392 e. The van der Waals surface area contributed by atoms with Crippen LogP contribution >= 0.6 is 0 Å². The number of nitrogens with zero attached hydrogens (tertiary/aromatic N) is 2. The van der Waals surface area contributed by atoms with Crippen molar-refractivity contribution in [2.75, 3.05) is 31.9 Å². The number of piperazine rings is 1. The summed E-state index contributed by atoms with van der Waals surface area (Å²) in [7, 11) is -3.49. The van der Waals surface area contributed by atoms with Crippen molar-refractivity contribution < 1.29 is 18.3 Å². The predicted octanol–water partition coefficient (Wildman–Crippen LogP) is 1.10. The zero-order chi connectivity index (χ0) is 18.6. The molecule has 0 unspecified atom stereocenters. The molecule has 2 saturated carbocycles. The number of rotatable bonds is 5. The average molecular weight is 373 g/mol. The van der Waals surface area contributed by atoms with Crippen LogP contribution < -0.4 is 0 Å². The molecule has 0 radical (unpaired) electrons. The second-order valence-electron chi connectivity index (χ2n) is 8.99. The average Bonchev–Trinajstić information content (AvgIpc) is 2.80. The van der Waals surface area contributed by atoms with Crippen molar-refractivity contribution in [2.24, 2.45) is 16.7 Å². The van der Waals surface area contributed by atoms with Gasteiger partial charge in [0, 0.05) is 44.1 Å². The summed E-state index contributed by atoms with van der Waals surface area (Å²) in [6, 6.07) is -0.134. The van der Waals surface area contributed by atoms with Crippen LogP contribution in [0, 0.1) is 16.7 Å². The maximum Gasteiger partial charge on any atom is 0.215 e. The van der Waals surface area contributed by atoms with Gasteiger partial charge in [-0.3, -0.25) is 9.69 Å². The number of fused-ring (bicyclic) bond motifs is 2. The molecule has 1 N–H and O–H groups in total. The molecule has 3 fully saturated rings. The molecule has 3 rings (SSSR count). The molecule has 4 atom stereocenters. The zero-order valence-electron chi connectivity index (χ0n) is 15.9. The summed E-state index contributed by atoms with van der Waals surface area (Å²) in [6.07, 6.45) is 1.80. The molecule has 6 nitrogen and oxygen atoms in total. The summed E-state index contributed by atoms with van der Waals surface area (Å²) >= 11 is 0. The van der Waals surface area contributed by atoms with Gasteiger partial charge in [-0.25, -0.2) is 8.42 Å². The molecule has 0 spiro atoms. The number of ketones is 1. The number of β-amino-alcohol motifs (C(OH)–C–C–N with tert-alkyl or cyclic N) is 1. The second-order valence-corrected chi connectivity index (χ2v) is 10.9. The lowest BCUT2D eigenvalue weighted by atomic mass is 9.70. The van der Waals surface area contributed by atoms with Gasteiger partial charge in [0.2, 0.25) is 10.0 Å². The molecule has 0 aromatic heterocycles.